The predicted octanol–water partition coefficient (Wildman–Crippen LogP) is 2.29. The topological polar surface area (TPSA) is 50.1 Å². The average molecular weight is 299 g/mol. The molecule has 0 bridgehead atoms. The van der Waals surface area contributed by atoms with Crippen molar-refractivity contribution in [1.29, 1.82) is 0 Å². The Hall–Kier alpha value is -1.65. The van der Waals surface area contributed by atoms with Crippen molar-refractivity contribution >= 4 is 0 Å². The third kappa shape index (κ3) is 2.57. The number of rotatable bonds is 5. The lowest BCUT2D eigenvalue weighted by molar-refractivity contribution is 0.140. The van der Waals surface area contributed by atoms with Crippen LogP contribution in [0.25, 0.3) is 0 Å². The van der Waals surface area contributed by atoms with Crippen LogP contribution in [-0.4, -0.2) is 21.0 Å². The first kappa shape index (κ1) is 15.3. The van der Waals surface area contributed by atoms with Crippen molar-refractivity contribution in [1.82, 2.24) is 15.1 Å². The van der Waals surface area contributed by atoms with Crippen molar-refractivity contribution in [3.63, 3.8) is 0 Å². The van der Waals surface area contributed by atoms with Gasteiger partial charge in [0.05, 0.1) is 17.8 Å². The smallest absolute Gasteiger partial charge is 0.0775 e. The maximum Gasteiger partial charge on any atom is 0.0775 e. The van der Waals surface area contributed by atoms with Crippen LogP contribution in [0, 0.1) is 0 Å². The highest BCUT2D eigenvalue weighted by atomic mass is 16.3. The van der Waals surface area contributed by atoms with E-state index in [9.17, 15) is 5.11 Å². The zero-order valence-corrected chi connectivity index (χ0v) is 13.6. The minimum atomic E-state index is -0.343. The normalized spacial score (nSPS) is 20.4. The van der Waals surface area contributed by atoms with Crippen molar-refractivity contribution in [2.24, 2.45) is 7.05 Å². The zero-order valence-electron chi connectivity index (χ0n) is 13.6. The van der Waals surface area contributed by atoms with Gasteiger partial charge in [0.25, 0.3) is 0 Å². The maximum absolute atomic E-state index is 10.4. The van der Waals surface area contributed by atoms with Crippen molar-refractivity contribution in [2.45, 2.75) is 51.8 Å². The van der Waals surface area contributed by atoms with Gasteiger partial charge in [-0.1, -0.05) is 38.1 Å². The van der Waals surface area contributed by atoms with Gasteiger partial charge in [-0.2, -0.15) is 5.10 Å². The van der Waals surface area contributed by atoms with Crippen LogP contribution < -0.4 is 5.32 Å². The monoisotopic (exact) mass is 299 g/mol. The number of benzene rings is 1. The molecule has 2 atom stereocenters. The summed E-state index contributed by atoms with van der Waals surface area (Å²) in [7, 11) is 2.02. The standard InChI is InChI=1S/C18H25N3O/c1-4-15-14(16(5-2)21(3)20-15)11-19-18-13-9-7-6-8-12(13)10-17(18)22/h6-9,17-19,22H,4-5,10-11H2,1-3H3/t17-,18+/m1/s1. The number of nitrogens with zero attached hydrogens (tertiary/aromatic N) is 2. The Morgan fingerprint density at radius 1 is 1.27 bits per heavy atom. The minimum absolute atomic E-state index is 0.0193. The van der Waals surface area contributed by atoms with Gasteiger partial charge >= 0.3 is 0 Å². The summed E-state index contributed by atoms with van der Waals surface area (Å²) in [5.41, 5.74) is 6.22. The molecule has 3 rings (SSSR count). The van der Waals surface area contributed by atoms with E-state index >= 15 is 0 Å². The molecular formula is C18H25N3O. The molecule has 0 saturated carbocycles. The SMILES string of the molecule is CCc1nn(C)c(CC)c1CN[C@H]1c2ccccc2C[C@H]1O. The fourth-order valence-corrected chi connectivity index (χ4v) is 3.63. The fraction of sp³-hybridized carbons (Fsp3) is 0.500. The number of hydrogen-bond acceptors (Lipinski definition) is 3. The van der Waals surface area contributed by atoms with E-state index in [0.717, 1.165) is 31.5 Å². The molecule has 0 amide bonds. The molecule has 1 aromatic heterocycles. The fourth-order valence-electron chi connectivity index (χ4n) is 3.63. The van der Waals surface area contributed by atoms with Gasteiger partial charge < -0.3 is 10.4 Å². The first-order chi connectivity index (χ1) is 10.7. The number of aryl methyl sites for hydroxylation is 2. The van der Waals surface area contributed by atoms with E-state index in [1.807, 2.05) is 23.9 Å². The molecule has 22 heavy (non-hydrogen) atoms. The molecule has 0 spiro atoms. The van der Waals surface area contributed by atoms with E-state index in [0.29, 0.717) is 0 Å². The Labute approximate surface area is 132 Å². The molecule has 0 unspecified atom stereocenters. The van der Waals surface area contributed by atoms with Crippen LogP contribution in [0.1, 0.15) is 48.0 Å². The van der Waals surface area contributed by atoms with Gasteiger partial charge in [-0.3, -0.25) is 4.68 Å². The van der Waals surface area contributed by atoms with Crippen molar-refractivity contribution in [3.05, 3.63) is 52.3 Å². The first-order valence-electron chi connectivity index (χ1n) is 8.18. The molecule has 0 radical (unpaired) electrons. The predicted molar refractivity (Wildman–Crippen MR) is 87.7 cm³/mol. The number of fused-ring (bicyclic) bond motifs is 1. The molecule has 1 aromatic carbocycles. The van der Waals surface area contributed by atoms with Gasteiger partial charge in [-0.25, -0.2) is 0 Å². The van der Waals surface area contributed by atoms with Crippen LogP contribution >= 0.6 is 0 Å². The Morgan fingerprint density at radius 2 is 2.05 bits per heavy atom. The van der Waals surface area contributed by atoms with E-state index in [-0.39, 0.29) is 12.1 Å². The number of aliphatic hydroxyl groups is 1. The van der Waals surface area contributed by atoms with E-state index in [1.165, 1.54) is 22.4 Å². The minimum Gasteiger partial charge on any atom is -0.391 e. The molecular weight excluding hydrogens is 274 g/mol. The summed E-state index contributed by atoms with van der Waals surface area (Å²) in [6, 6.07) is 8.34. The molecule has 2 aromatic rings. The lowest BCUT2D eigenvalue weighted by Gasteiger charge is -2.18. The molecule has 4 heteroatoms. The van der Waals surface area contributed by atoms with Crippen LogP contribution in [-0.2, 0) is 32.9 Å². The number of aliphatic hydroxyl groups excluding tert-OH is 1. The Morgan fingerprint density at radius 3 is 2.77 bits per heavy atom. The lowest BCUT2D eigenvalue weighted by atomic mass is 10.1. The highest BCUT2D eigenvalue weighted by Gasteiger charge is 2.30. The lowest BCUT2D eigenvalue weighted by Crippen LogP contribution is -2.29. The Bertz CT molecular complexity index is 662. The van der Waals surface area contributed by atoms with Crippen LogP contribution in [0.4, 0.5) is 0 Å². The molecule has 1 aliphatic rings. The van der Waals surface area contributed by atoms with Gasteiger partial charge in [0, 0.05) is 31.3 Å². The summed E-state index contributed by atoms with van der Waals surface area (Å²) in [6.07, 6.45) is 2.31. The van der Waals surface area contributed by atoms with Crippen LogP contribution in [0.2, 0.25) is 0 Å². The van der Waals surface area contributed by atoms with Gasteiger partial charge in [0.1, 0.15) is 0 Å². The summed E-state index contributed by atoms with van der Waals surface area (Å²) < 4.78 is 1.99. The van der Waals surface area contributed by atoms with Crippen molar-refractivity contribution < 1.29 is 5.11 Å². The summed E-state index contributed by atoms with van der Waals surface area (Å²) >= 11 is 0. The third-order valence-electron chi connectivity index (χ3n) is 4.73. The first-order valence-corrected chi connectivity index (χ1v) is 8.18. The Kier molecular flexibility index (Phi) is 4.32. The van der Waals surface area contributed by atoms with Gasteiger partial charge in [0.15, 0.2) is 0 Å². The van der Waals surface area contributed by atoms with Crippen molar-refractivity contribution in [3.8, 4) is 0 Å². The zero-order chi connectivity index (χ0) is 15.7. The summed E-state index contributed by atoms with van der Waals surface area (Å²) in [6.45, 7) is 5.07. The number of nitrogens with one attached hydrogen (secondary N) is 1. The Balaban J connectivity index is 1.81. The van der Waals surface area contributed by atoms with Crippen LogP contribution in [0.15, 0.2) is 24.3 Å². The second kappa shape index (κ2) is 6.23. The second-order valence-corrected chi connectivity index (χ2v) is 6.03. The molecule has 4 nitrogen and oxygen atoms in total. The average Bonchev–Trinajstić information content (AvgIpc) is 3.00. The summed E-state index contributed by atoms with van der Waals surface area (Å²) in [4.78, 5) is 0. The maximum atomic E-state index is 10.4. The molecule has 118 valence electrons. The molecule has 0 aliphatic heterocycles. The van der Waals surface area contributed by atoms with E-state index in [4.69, 9.17) is 0 Å². The third-order valence-corrected chi connectivity index (χ3v) is 4.73. The second-order valence-electron chi connectivity index (χ2n) is 6.03. The quantitative estimate of drug-likeness (QED) is 0.890. The molecule has 1 aliphatic carbocycles. The highest BCUT2D eigenvalue weighted by Crippen LogP contribution is 2.31. The number of aromatic nitrogens is 2. The van der Waals surface area contributed by atoms with E-state index < -0.39 is 0 Å². The van der Waals surface area contributed by atoms with Crippen LogP contribution in [0.5, 0.6) is 0 Å². The molecule has 0 saturated heterocycles. The van der Waals surface area contributed by atoms with Crippen molar-refractivity contribution in [2.75, 3.05) is 0 Å². The molecule has 2 N–H and O–H groups in total. The van der Waals surface area contributed by atoms with Gasteiger partial charge in [0.2, 0.25) is 0 Å². The largest absolute Gasteiger partial charge is 0.391 e. The van der Waals surface area contributed by atoms with E-state index in [2.05, 4.69) is 36.4 Å². The molecule has 1 heterocycles. The molecule has 0 fully saturated rings. The van der Waals surface area contributed by atoms with Gasteiger partial charge in [-0.15, -0.1) is 0 Å². The number of hydrogen-bond donors (Lipinski definition) is 2. The highest BCUT2D eigenvalue weighted by molar-refractivity contribution is 5.37. The van der Waals surface area contributed by atoms with E-state index in [1.54, 1.807) is 0 Å². The summed E-state index contributed by atoms with van der Waals surface area (Å²) in [5, 5.41) is 18.5. The summed E-state index contributed by atoms with van der Waals surface area (Å²) in [5.74, 6) is 0. The van der Waals surface area contributed by atoms with Gasteiger partial charge in [-0.05, 0) is 24.0 Å². The van der Waals surface area contributed by atoms with Crippen LogP contribution in [0.3, 0.4) is 0 Å².